The van der Waals surface area contributed by atoms with Crippen LogP contribution in [0.25, 0.3) is 0 Å². The summed E-state index contributed by atoms with van der Waals surface area (Å²) in [5.74, 6) is -1.37. The first-order chi connectivity index (χ1) is 7.52. The Hall–Kier alpha value is -1.10. The monoisotopic (exact) mass is 230 g/mol. The molecule has 0 radical (unpaired) electrons. The highest BCUT2D eigenvalue weighted by molar-refractivity contribution is 5.86. The van der Waals surface area contributed by atoms with Crippen molar-refractivity contribution in [3.05, 3.63) is 0 Å². The first-order valence-electron chi connectivity index (χ1n) is 5.81. The average molecular weight is 230 g/mol. The summed E-state index contributed by atoms with van der Waals surface area (Å²) in [6.07, 6.45) is 3.59. The molecule has 0 aromatic carbocycles. The van der Waals surface area contributed by atoms with Crippen molar-refractivity contribution in [2.75, 3.05) is 0 Å². The molecule has 0 aromatic rings. The van der Waals surface area contributed by atoms with Crippen LogP contribution in [-0.4, -0.2) is 29.1 Å². The van der Waals surface area contributed by atoms with Crippen molar-refractivity contribution in [2.45, 2.75) is 58.0 Å². The van der Waals surface area contributed by atoms with E-state index in [0.29, 0.717) is 19.3 Å². The molecule has 0 aliphatic heterocycles. The standard InChI is InChI=1S/C11H22N2O3/c1-3-5-7-8(12)10(14)13-9(6-4-2)11(15)16/h8-9H,3-7,12H2,1-2H3,(H,13,14)(H,15,16)/t8-,9-/m1/s1. The van der Waals surface area contributed by atoms with Crippen LogP contribution in [0.2, 0.25) is 0 Å². The van der Waals surface area contributed by atoms with E-state index in [0.717, 1.165) is 12.8 Å². The number of carbonyl (C=O) groups excluding carboxylic acids is 1. The molecule has 2 atom stereocenters. The second-order valence-corrected chi connectivity index (χ2v) is 3.94. The van der Waals surface area contributed by atoms with Crippen LogP contribution < -0.4 is 11.1 Å². The molecular formula is C11H22N2O3. The molecule has 0 aromatic heterocycles. The molecule has 0 spiro atoms. The molecule has 0 unspecified atom stereocenters. The second-order valence-electron chi connectivity index (χ2n) is 3.94. The predicted molar refractivity (Wildman–Crippen MR) is 62.0 cm³/mol. The summed E-state index contributed by atoms with van der Waals surface area (Å²) < 4.78 is 0. The maximum absolute atomic E-state index is 11.5. The normalized spacial score (nSPS) is 14.2. The highest BCUT2D eigenvalue weighted by Crippen LogP contribution is 2.01. The van der Waals surface area contributed by atoms with Crippen molar-refractivity contribution >= 4 is 11.9 Å². The van der Waals surface area contributed by atoms with Crippen molar-refractivity contribution < 1.29 is 14.7 Å². The Kier molecular flexibility index (Phi) is 7.54. The van der Waals surface area contributed by atoms with Crippen LogP contribution in [-0.2, 0) is 9.59 Å². The molecule has 0 aliphatic rings. The summed E-state index contributed by atoms with van der Waals surface area (Å²) in [6, 6.07) is -1.41. The van der Waals surface area contributed by atoms with Crippen LogP contribution in [0, 0.1) is 0 Å². The van der Waals surface area contributed by atoms with Gasteiger partial charge in [-0.3, -0.25) is 4.79 Å². The molecule has 0 rings (SSSR count). The quantitative estimate of drug-likeness (QED) is 0.577. The molecule has 94 valence electrons. The van der Waals surface area contributed by atoms with E-state index in [9.17, 15) is 9.59 Å². The molecule has 16 heavy (non-hydrogen) atoms. The summed E-state index contributed by atoms with van der Waals surface area (Å²) in [7, 11) is 0. The number of carboxylic acid groups (broad SMARTS) is 1. The van der Waals surface area contributed by atoms with Crippen molar-refractivity contribution in [2.24, 2.45) is 5.73 Å². The highest BCUT2D eigenvalue weighted by atomic mass is 16.4. The topological polar surface area (TPSA) is 92.4 Å². The zero-order chi connectivity index (χ0) is 12.6. The first-order valence-corrected chi connectivity index (χ1v) is 5.81. The van der Waals surface area contributed by atoms with E-state index < -0.39 is 18.1 Å². The lowest BCUT2D eigenvalue weighted by molar-refractivity contribution is -0.142. The molecule has 0 aliphatic carbocycles. The van der Waals surface area contributed by atoms with Crippen molar-refractivity contribution in [3.8, 4) is 0 Å². The Labute approximate surface area is 96.4 Å². The summed E-state index contributed by atoms with van der Waals surface area (Å²) in [5, 5.41) is 11.3. The lowest BCUT2D eigenvalue weighted by Gasteiger charge is -2.17. The Bertz CT molecular complexity index is 231. The third kappa shape index (κ3) is 5.70. The minimum Gasteiger partial charge on any atom is -0.480 e. The third-order valence-corrected chi connectivity index (χ3v) is 2.40. The Balaban J connectivity index is 4.12. The number of unbranched alkanes of at least 4 members (excludes halogenated alkanes) is 1. The summed E-state index contributed by atoms with van der Waals surface area (Å²) in [5.41, 5.74) is 5.64. The maximum atomic E-state index is 11.5. The minimum atomic E-state index is -1.00. The number of hydrogen-bond acceptors (Lipinski definition) is 3. The largest absolute Gasteiger partial charge is 0.480 e. The fourth-order valence-corrected chi connectivity index (χ4v) is 1.38. The molecule has 0 bridgehead atoms. The van der Waals surface area contributed by atoms with Gasteiger partial charge >= 0.3 is 5.97 Å². The predicted octanol–water partition coefficient (Wildman–Crippen LogP) is 0.873. The van der Waals surface area contributed by atoms with Crippen LogP contribution in [0.1, 0.15) is 46.0 Å². The van der Waals surface area contributed by atoms with Crippen LogP contribution in [0.15, 0.2) is 0 Å². The first kappa shape index (κ1) is 14.9. The minimum absolute atomic E-state index is 0.366. The molecule has 5 heteroatoms. The van der Waals surface area contributed by atoms with Crippen LogP contribution in [0.4, 0.5) is 0 Å². The zero-order valence-corrected chi connectivity index (χ0v) is 10.0. The number of carboxylic acids is 1. The van der Waals surface area contributed by atoms with Gasteiger partial charge in [-0.1, -0.05) is 33.1 Å². The molecule has 0 heterocycles. The SMILES string of the molecule is CCCC[C@@H](N)C(=O)N[C@H](CCC)C(=O)O. The Morgan fingerprint density at radius 2 is 1.88 bits per heavy atom. The smallest absolute Gasteiger partial charge is 0.326 e. The van der Waals surface area contributed by atoms with E-state index in [2.05, 4.69) is 5.32 Å². The van der Waals surface area contributed by atoms with E-state index in [1.54, 1.807) is 0 Å². The van der Waals surface area contributed by atoms with Gasteiger partial charge in [0.2, 0.25) is 5.91 Å². The van der Waals surface area contributed by atoms with Crippen molar-refractivity contribution in [1.82, 2.24) is 5.32 Å². The number of nitrogens with one attached hydrogen (secondary N) is 1. The van der Waals surface area contributed by atoms with Gasteiger partial charge in [-0.15, -0.1) is 0 Å². The highest BCUT2D eigenvalue weighted by Gasteiger charge is 2.21. The second kappa shape index (κ2) is 8.10. The van der Waals surface area contributed by atoms with Gasteiger partial charge in [-0.05, 0) is 12.8 Å². The fourth-order valence-electron chi connectivity index (χ4n) is 1.38. The van der Waals surface area contributed by atoms with Crippen LogP contribution in [0.5, 0.6) is 0 Å². The molecular weight excluding hydrogens is 208 g/mol. The number of hydrogen-bond donors (Lipinski definition) is 3. The summed E-state index contributed by atoms with van der Waals surface area (Å²) in [6.45, 7) is 3.89. The molecule has 1 amide bonds. The van der Waals surface area contributed by atoms with Crippen molar-refractivity contribution in [1.29, 1.82) is 0 Å². The maximum Gasteiger partial charge on any atom is 0.326 e. The van der Waals surface area contributed by atoms with Gasteiger partial charge < -0.3 is 16.2 Å². The summed E-state index contributed by atoms with van der Waals surface area (Å²) >= 11 is 0. The van der Waals surface area contributed by atoms with Crippen molar-refractivity contribution in [3.63, 3.8) is 0 Å². The molecule has 0 saturated carbocycles. The molecule has 4 N–H and O–H groups in total. The van der Waals surface area contributed by atoms with E-state index in [1.807, 2.05) is 13.8 Å². The van der Waals surface area contributed by atoms with E-state index in [4.69, 9.17) is 10.8 Å². The fraction of sp³-hybridized carbons (Fsp3) is 0.818. The van der Waals surface area contributed by atoms with Crippen LogP contribution in [0.3, 0.4) is 0 Å². The van der Waals surface area contributed by atoms with Gasteiger partial charge in [0, 0.05) is 0 Å². The van der Waals surface area contributed by atoms with Gasteiger partial charge in [-0.2, -0.15) is 0 Å². The summed E-state index contributed by atoms with van der Waals surface area (Å²) in [4.78, 5) is 22.3. The van der Waals surface area contributed by atoms with E-state index >= 15 is 0 Å². The van der Waals surface area contributed by atoms with Gasteiger partial charge in [0.25, 0.3) is 0 Å². The molecule has 5 nitrogen and oxygen atoms in total. The van der Waals surface area contributed by atoms with Gasteiger partial charge in [0.15, 0.2) is 0 Å². The van der Waals surface area contributed by atoms with Gasteiger partial charge in [-0.25, -0.2) is 4.79 Å². The Morgan fingerprint density at radius 3 is 2.31 bits per heavy atom. The average Bonchev–Trinajstić information content (AvgIpc) is 2.24. The number of aliphatic carboxylic acids is 1. The van der Waals surface area contributed by atoms with Gasteiger partial charge in [0.1, 0.15) is 6.04 Å². The number of nitrogens with two attached hydrogens (primary N) is 1. The molecule has 0 saturated heterocycles. The number of rotatable bonds is 8. The lowest BCUT2D eigenvalue weighted by Crippen LogP contribution is -2.48. The van der Waals surface area contributed by atoms with E-state index in [1.165, 1.54) is 0 Å². The Morgan fingerprint density at radius 1 is 1.25 bits per heavy atom. The van der Waals surface area contributed by atoms with Crippen LogP contribution >= 0.6 is 0 Å². The number of amides is 1. The molecule has 0 fully saturated rings. The van der Waals surface area contributed by atoms with Gasteiger partial charge in [0.05, 0.1) is 6.04 Å². The van der Waals surface area contributed by atoms with E-state index in [-0.39, 0.29) is 5.91 Å². The lowest BCUT2D eigenvalue weighted by atomic mass is 10.1. The third-order valence-electron chi connectivity index (χ3n) is 2.40. The number of carbonyl (C=O) groups is 2. The zero-order valence-electron chi connectivity index (χ0n) is 10.0.